The molecule has 7 nitrogen and oxygen atoms in total. The third-order valence-electron chi connectivity index (χ3n) is 2.45. The first-order valence-electron chi connectivity index (χ1n) is 5.77. The average Bonchev–Trinajstić information content (AvgIpc) is 2.24. The summed E-state index contributed by atoms with van der Waals surface area (Å²) in [6.45, 7) is 3.96. The smallest absolute Gasteiger partial charge is 0.414 e. The number of carbonyl (C=O) groups excluding carboxylic acids is 1. The minimum absolute atomic E-state index is 0.0698. The van der Waals surface area contributed by atoms with Crippen molar-refractivity contribution < 1.29 is 24.6 Å². The Balaban J connectivity index is 4.31. The molecule has 0 saturated heterocycles. The second-order valence-corrected chi connectivity index (χ2v) is 4.49. The van der Waals surface area contributed by atoms with Gasteiger partial charge in [0.1, 0.15) is 6.04 Å². The molecule has 0 aromatic rings. The number of carbonyl (C=O) groups is 3. The molecule has 0 fully saturated rings. The number of nitrogens with two attached hydrogens (primary N) is 1. The fraction of sp³-hybridized carbons (Fsp3) is 0.727. The first kappa shape index (κ1) is 16.4. The summed E-state index contributed by atoms with van der Waals surface area (Å²) < 4.78 is 0. The van der Waals surface area contributed by atoms with E-state index in [0.29, 0.717) is 11.3 Å². The minimum atomic E-state index is -1.32. The molecule has 0 spiro atoms. The maximum Gasteiger partial charge on any atom is 0.414 e. The second kappa shape index (κ2) is 7.65. The van der Waals surface area contributed by atoms with Gasteiger partial charge in [0.15, 0.2) is 0 Å². The van der Waals surface area contributed by atoms with E-state index in [-0.39, 0.29) is 25.3 Å². The molecule has 7 heteroatoms. The predicted octanol–water partition coefficient (Wildman–Crippen LogP) is 0.731. The fourth-order valence-corrected chi connectivity index (χ4v) is 1.25. The molecular weight excluding hydrogens is 240 g/mol. The van der Waals surface area contributed by atoms with Crippen molar-refractivity contribution in [2.24, 2.45) is 11.7 Å². The van der Waals surface area contributed by atoms with Crippen LogP contribution in [0.25, 0.3) is 0 Å². The van der Waals surface area contributed by atoms with Crippen molar-refractivity contribution in [1.82, 2.24) is 4.90 Å². The van der Waals surface area contributed by atoms with E-state index in [1.54, 1.807) is 0 Å². The van der Waals surface area contributed by atoms with E-state index in [1.807, 2.05) is 13.8 Å². The van der Waals surface area contributed by atoms with Crippen molar-refractivity contribution in [3.63, 3.8) is 0 Å². The Morgan fingerprint density at radius 1 is 1.17 bits per heavy atom. The Hall–Kier alpha value is -1.63. The van der Waals surface area contributed by atoms with Gasteiger partial charge in [-0.15, -0.1) is 0 Å². The molecule has 4 N–H and O–H groups in total. The lowest BCUT2D eigenvalue weighted by Gasteiger charge is -2.18. The van der Waals surface area contributed by atoms with E-state index in [0.717, 1.165) is 0 Å². The highest BCUT2D eigenvalue weighted by Crippen LogP contribution is 2.06. The Labute approximate surface area is 106 Å². The number of nitrogens with zero attached hydrogens (tertiary/aromatic N) is 1. The maximum absolute atomic E-state index is 11.6. The largest absolute Gasteiger partial charge is 0.480 e. The van der Waals surface area contributed by atoms with Gasteiger partial charge in [-0.1, -0.05) is 13.8 Å². The zero-order chi connectivity index (χ0) is 14.3. The van der Waals surface area contributed by atoms with Crippen LogP contribution in [-0.2, 0) is 9.59 Å². The minimum Gasteiger partial charge on any atom is -0.480 e. The third-order valence-corrected chi connectivity index (χ3v) is 2.45. The molecule has 1 atom stereocenters. The Bertz CT molecular complexity index is 317. The first-order valence-corrected chi connectivity index (χ1v) is 5.77. The fourth-order valence-electron chi connectivity index (χ4n) is 1.25. The number of carboxylic acid groups (broad SMARTS) is 2. The number of rotatable bonds is 7. The van der Waals surface area contributed by atoms with E-state index in [1.165, 1.54) is 0 Å². The molecule has 0 radical (unpaired) electrons. The summed E-state index contributed by atoms with van der Waals surface area (Å²) in [5.74, 6) is -1.53. The molecule has 18 heavy (non-hydrogen) atoms. The lowest BCUT2D eigenvalue weighted by molar-refractivity contribution is -0.138. The monoisotopic (exact) mass is 260 g/mol. The lowest BCUT2D eigenvalue weighted by Crippen LogP contribution is -2.38. The van der Waals surface area contributed by atoms with E-state index in [9.17, 15) is 14.4 Å². The molecule has 0 aromatic carbocycles. The van der Waals surface area contributed by atoms with Gasteiger partial charge in [-0.25, -0.2) is 9.69 Å². The van der Waals surface area contributed by atoms with E-state index < -0.39 is 24.0 Å². The molecule has 0 aliphatic rings. The van der Waals surface area contributed by atoms with Gasteiger partial charge in [0.2, 0.25) is 5.91 Å². The van der Waals surface area contributed by atoms with Gasteiger partial charge in [-0.05, 0) is 18.8 Å². The van der Waals surface area contributed by atoms with Crippen LogP contribution in [0.2, 0.25) is 0 Å². The van der Waals surface area contributed by atoms with Crippen molar-refractivity contribution in [3.8, 4) is 0 Å². The summed E-state index contributed by atoms with van der Waals surface area (Å²) in [6.07, 6.45) is -0.995. The van der Waals surface area contributed by atoms with Crippen LogP contribution in [0, 0.1) is 5.92 Å². The van der Waals surface area contributed by atoms with Crippen LogP contribution in [0.4, 0.5) is 4.79 Å². The Morgan fingerprint density at radius 3 is 2.11 bits per heavy atom. The molecule has 0 rings (SSSR count). The van der Waals surface area contributed by atoms with Crippen LogP contribution in [-0.4, -0.2) is 45.7 Å². The summed E-state index contributed by atoms with van der Waals surface area (Å²) in [5.41, 5.74) is 5.25. The standard InChI is InChI=1S/C11H20N2O5/c1-7(2)5-6-13(11(17)18)9(14)4-3-8(12)10(15)16/h7-8H,3-6,12H2,1-2H3,(H,15,16)(H,17,18)/t8-/m0/s1. The van der Waals surface area contributed by atoms with Gasteiger partial charge >= 0.3 is 12.1 Å². The van der Waals surface area contributed by atoms with Gasteiger partial charge in [-0.3, -0.25) is 9.59 Å². The van der Waals surface area contributed by atoms with Crippen LogP contribution >= 0.6 is 0 Å². The van der Waals surface area contributed by atoms with Gasteiger partial charge < -0.3 is 15.9 Å². The first-order chi connectivity index (χ1) is 8.25. The molecular formula is C11H20N2O5. The van der Waals surface area contributed by atoms with Crippen LogP contribution in [0.1, 0.15) is 33.1 Å². The SMILES string of the molecule is CC(C)CCN(C(=O)O)C(=O)CC[C@H](N)C(=O)O. The molecule has 0 unspecified atom stereocenters. The number of amides is 2. The highest BCUT2D eigenvalue weighted by atomic mass is 16.4. The van der Waals surface area contributed by atoms with E-state index in [4.69, 9.17) is 15.9 Å². The molecule has 0 aliphatic carbocycles. The number of imide groups is 1. The summed E-state index contributed by atoms with van der Waals surface area (Å²) in [6, 6.07) is -1.14. The molecule has 0 bridgehead atoms. The molecule has 0 heterocycles. The lowest BCUT2D eigenvalue weighted by atomic mass is 10.1. The second-order valence-electron chi connectivity index (χ2n) is 4.49. The molecule has 104 valence electrons. The molecule has 2 amide bonds. The zero-order valence-electron chi connectivity index (χ0n) is 10.6. The van der Waals surface area contributed by atoms with Crippen molar-refractivity contribution in [3.05, 3.63) is 0 Å². The maximum atomic E-state index is 11.6. The van der Waals surface area contributed by atoms with Crippen molar-refractivity contribution in [2.75, 3.05) is 6.54 Å². The van der Waals surface area contributed by atoms with E-state index in [2.05, 4.69) is 0 Å². The molecule has 0 aromatic heterocycles. The highest BCUT2D eigenvalue weighted by molar-refractivity contribution is 5.91. The normalized spacial score (nSPS) is 12.2. The number of aliphatic carboxylic acids is 1. The van der Waals surface area contributed by atoms with Crippen LogP contribution in [0.3, 0.4) is 0 Å². The van der Waals surface area contributed by atoms with E-state index >= 15 is 0 Å². The summed E-state index contributed by atoms with van der Waals surface area (Å²) in [7, 11) is 0. The molecule has 0 saturated carbocycles. The topological polar surface area (TPSA) is 121 Å². The van der Waals surface area contributed by atoms with Gasteiger partial charge in [0, 0.05) is 13.0 Å². The Kier molecular flexibility index (Phi) is 6.96. The number of carboxylic acids is 1. The zero-order valence-corrected chi connectivity index (χ0v) is 10.6. The van der Waals surface area contributed by atoms with Crippen LogP contribution in [0.15, 0.2) is 0 Å². The highest BCUT2D eigenvalue weighted by Gasteiger charge is 2.22. The van der Waals surface area contributed by atoms with Crippen molar-refractivity contribution >= 4 is 18.0 Å². The summed E-state index contributed by atoms with van der Waals surface area (Å²) >= 11 is 0. The Morgan fingerprint density at radius 2 is 1.72 bits per heavy atom. The average molecular weight is 260 g/mol. The van der Waals surface area contributed by atoms with Gasteiger partial charge in [0.05, 0.1) is 0 Å². The summed E-state index contributed by atoms with van der Waals surface area (Å²) in [4.78, 5) is 33.7. The van der Waals surface area contributed by atoms with Gasteiger partial charge in [0.25, 0.3) is 0 Å². The number of hydrogen-bond donors (Lipinski definition) is 3. The third kappa shape index (κ3) is 6.19. The summed E-state index contributed by atoms with van der Waals surface area (Å²) in [5, 5.41) is 17.4. The van der Waals surface area contributed by atoms with Crippen LogP contribution < -0.4 is 5.73 Å². The quantitative estimate of drug-likeness (QED) is 0.620. The van der Waals surface area contributed by atoms with Crippen molar-refractivity contribution in [1.29, 1.82) is 0 Å². The molecule has 0 aliphatic heterocycles. The van der Waals surface area contributed by atoms with Crippen molar-refractivity contribution in [2.45, 2.75) is 39.2 Å². The van der Waals surface area contributed by atoms with Crippen LogP contribution in [0.5, 0.6) is 0 Å². The van der Waals surface area contributed by atoms with Gasteiger partial charge in [-0.2, -0.15) is 0 Å². The number of hydrogen-bond acceptors (Lipinski definition) is 4. The predicted molar refractivity (Wildman–Crippen MR) is 64.0 cm³/mol.